The molecule has 0 saturated heterocycles. The summed E-state index contributed by atoms with van der Waals surface area (Å²) < 4.78 is 53.5. The van der Waals surface area contributed by atoms with E-state index in [1.165, 1.54) is 24.3 Å². The average molecular weight is 403 g/mol. The fourth-order valence-electron chi connectivity index (χ4n) is 2.29. The summed E-state index contributed by atoms with van der Waals surface area (Å²) >= 11 is 7.09. The minimum atomic E-state index is -3.84. The Balaban J connectivity index is 1.80. The molecule has 0 aromatic heterocycles. The van der Waals surface area contributed by atoms with Crippen molar-refractivity contribution in [2.75, 3.05) is 13.1 Å². The van der Waals surface area contributed by atoms with E-state index in [2.05, 4.69) is 4.99 Å². The van der Waals surface area contributed by atoms with Crippen LogP contribution in [0.4, 0.5) is 8.78 Å². The molecule has 0 bridgehead atoms. The van der Waals surface area contributed by atoms with Crippen molar-refractivity contribution in [3.05, 3.63) is 64.7 Å². The van der Waals surface area contributed by atoms with Crippen molar-refractivity contribution in [1.29, 1.82) is 0 Å². The zero-order valence-electron chi connectivity index (χ0n) is 12.8. The highest BCUT2D eigenvalue weighted by Crippen LogP contribution is 2.29. The third-order valence-electron chi connectivity index (χ3n) is 3.57. The molecular formula is C16H13ClF2N2O2S2. The zero-order valence-corrected chi connectivity index (χ0v) is 15.2. The second-order valence-electron chi connectivity index (χ2n) is 5.18. The Morgan fingerprint density at radius 3 is 2.56 bits per heavy atom. The molecule has 2 aromatic rings. The second-order valence-corrected chi connectivity index (χ2v) is 8.40. The van der Waals surface area contributed by atoms with Gasteiger partial charge in [-0.05, 0) is 36.4 Å². The molecule has 1 heterocycles. The molecule has 0 radical (unpaired) electrons. The number of aliphatic imine (C=N–C) groups is 1. The number of hydrogen-bond donors (Lipinski definition) is 0. The van der Waals surface area contributed by atoms with E-state index in [9.17, 15) is 17.2 Å². The molecule has 0 saturated carbocycles. The van der Waals surface area contributed by atoms with Crippen LogP contribution < -0.4 is 0 Å². The Kier molecular flexibility index (Phi) is 5.31. The second kappa shape index (κ2) is 7.31. The summed E-state index contributed by atoms with van der Waals surface area (Å²) in [6.07, 6.45) is 0. The molecule has 9 heteroatoms. The van der Waals surface area contributed by atoms with Crippen molar-refractivity contribution in [2.24, 2.45) is 4.99 Å². The Morgan fingerprint density at radius 2 is 1.88 bits per heavy atom. The van der Waals surface area contributed by atoms with Gasteiger partial charge >= 0.3 is 0 Å². The number of nitrogens with zero attached hydrogens (tertiary/aromatic N) is 2. The summed E-state index contributed by atoms with van der Waals surface area (Å²) in [5, 5.41) is 0.544. The van der Waals surface area contributed by atoms with Gasteiger partial charge in [0.2, 0.25) is 0 Å². The van der Waals surface area contributed by atoms with Crippen molar-refractivity contribution in [2.45, 2.75) is 10.6 Å². The first-order chi connectivity index (χ1) is 11.9. The van der Waals surface area contributed by atoms with E-state index in [-0.39, 0.29) is 27.4 Å². The molecule has 25 heavy (non-hydrogen) atoms. The average Bonchev–Trinajstić information content (AvgIpc) is 3.04. The lowest BCUT2D eigenvalue weighted by Crippen LogP contribution is -2.33. The van der Waals surface area contributed by atoms with E-state index in [1.807, 2.05) is 0 Å². The predicted octanol–water partition coefficient (Wildman–Crippen LogP) is 3.91. The highest BCUT2D eigenvalue weighted by Gasteiger charge is 2.31. The lowest BCUT2D eigenvalue weighted by atomic mass is 10.2. The van der Waals surface area contributed by atoms with Crippen LogP contribution in [-0.4, -0.2) is 31.0 Å². The first-order valence-electron chi connectivity index (χ1n) is 7.28. The number of sulfonamides is 1. The van der Waals surface area contributed by atoms with Crippen LogP contribution in [0.25, 0.3) is 0 Å². The first-order valence-corrected chi connectivity index (χ1v) is 10.1. The molecule has 132 valence electrons. The number of benzene rings is 2. The number of rotatable bonds is 4. The molecule has 0 aliphatic carbocycles. The van der Waals surface area contributed by atoms with Crippen LogP contribution in [0, 0.1) is 11.6 Å². The molecular weight excluding hydrogens is 390 g/mol. The topological polar surface area (TPSA) is 49.7 Å². The first kappa shape index (κ1) is 18.2. The van der Waals surface area contributed by atoms with Crippen LogP contribution in [0.2, 0.25) is 5.02 Å². The summed E-state index contributed by atoms with van der Waals surface area (Å²) in [4.78, 5) is 4.17. The van der Waals surface area contributed by atoms with Crippen molar-refractivity contribution in [1.82, 2.24) is 4.31 Å². The summed E-state index contributed by atoms with van der Waals surface area (Å²) in [5.74, 6) is -0.816. The molecule has 4 nitrogen and oxygen atoms in total. The standard InChI is InChI=1S/C16H13ClF2N2O2S2/c17-14-2-1-3-15(19)13(14)10-24-16-20-8-9-21(16)25(22,23)12-6-4-11(18)5-7-12/h1-7H,8-10H2. The summed E-state index contributed by atoms with van der Waals surface area (Å²) in [7, 11) is -3.84. The Morgan fingerprint density at radius 1 is 1.16 bits per heavy atom. The fourth-order valence-corrected chi connectivity index (χ4v) is 5.36. The molecule has 1 aliphatic heterocycles. The van der Waals surface area contributed by atoms with Crippen LogP contribution in [0.15, 0.2) is 52.4 Å². The lowest BCUT2D eigenvalue weighted by Gasteiger charge is -2.20. The van der Waals surface area contributed by atoms with Crippen molar-refractivity contribution in [3.63, 3.8) is 0 Å². The third-order valence-corrected chi connectivity index (χ3v) is 6.89. The van der Waals surface area contributed by atoms with E-state index < -0.39 is 21.7 Å². The van der Waals surface area contributed by atoms with Crippen LogP contribution >= 0.6 is 23.4 Å². The predicted molar refractivity (Wildman–Crippen MR) is 95.3 cm³/mol. The number of hydrogen-bond acceptors (Lipinski definition) is 4. The maximum absolute atomic E-state index is 13.9. The quantitative estimate of drug-likeness (QED) is 0.779. The van der Waals surface area contributed by atoms with Gasteiger partial charge in [0.15, 0.2) is 5.17 Å². The van der Waals surface area contributed by atoms with Gasteiger partial charge in [-0.15, -0.1) is 0 Å². The van der Waals surface area contributed by atoms with Gasteiger partial charge in [0.05, 0.1) is 18.0 Å². The number of halogens is 3. The van der Waals surface area contributed by atoms with E-state index >= 15 is 0 Å². The molecule has 0 N–H and O–H groups in total. The third kappa shape index (κ3) is 3.80. The SMILES string of the molecule is O=S(=O)(c1ccc(F)cc1)N1CCN=C1SCc1c(F)cccc1Cl. The van der Waals surface area contributed by atoms with Gasteiger partial charge in [-0.1, -0.05) is 29.4 Å². The van der Waals surface area contributed by atoms with E-state index in [4.69, 9.17) is 11.6 Å². The highest BCUT2D eigenvalue weighted by atomic mass is 35.5. The smallest absolute Gasteiger partial charge is 0.260 e. The summed E-state index contributed by atoms with van der Waals surface area (Å²) in [5.41, 5.74) is 0.294. The van der Waals surface area contributed by atoms with Gasteiger partial charge in [-0.2, -0.15) is 0 Å². The highest BCUT2D eigenvalue weighted by molar-refractivity contribution is 8.14. The normalized spacial score (nSPS) is 14.7. The Bertz CT molecular complexity index is 898. The Hall–Kier alpha value is -1.64. The van der Waals surface area contributed by atoms with E-state index in [0.29, 0.717) is 12.1 Å². The van der Waals surface area contributed by atoms with Gasteiger partial charge in [-0.3, -0.25) is 4.99 Å². The maximum atomic E-state index is 13.9. The molecule has 0 atom stereocenters. The largest absolute Gasteiger partial charge is 0.265 e. The maximum Gasteiger partial charge on any atom is 0.265 e. The minimum Gasteiger partial charge on any atom is -0.260 e. The van der Waals surface area contributed by atoms with Gasteiger partial charge in [0, 0.05) is 16.3 Å². The number of amidine groups is 1. The van der Waals surface area contributed by atoms with Crippen LogP contribution in [-0.2, 0) is 15.8 Å². The summed E-state index contributed by atoms with van der Waals surface area (Å²) in [6, 6.07) is 8.97. The van der Waals surface area contributed by atoms with E-state index in [0.717, 1.165) is 28.2 Å². The van der Waals surface area contributed by atoms with Crippen LogP contribution in [0.3, 0.4) is 0 Å². The van der Waals surface area contributed by atoms with E-state index in [1.54, 1.807) is 6.07 Å². The molecule has 1 aliphatic rings. The molecule has 0 spiro atoms. The zero-order chi connectivity index (χ0) is 18.0. The fraction of sp³-hybridized carbons (Fsp3) is 0.188. The van der Waals surface area contributed by atoms with Gasteiger partial charge in [-0.25, -0.2) is 21.5 Å². The van der Waals surface area contributed by atoms with Gasteiger partial charge in [0.1, 0.15) is 11.6 Å². The van der Waals surface area contributed by atoms with Gasteiger partial charge < -0.3 is 0 Å². The van der Waals surface area contributed by atoms with Crippen molar-refractivity contribution < 1.29 is 17.2 Å². The van der Waals surface area contributed by atoms with Gasteiger partial charge in [0.25, 0.3) is 10.0 Å². The Labute approximate surface area is 153 Å². The molecule has 2 aromatic carbocycles. The summed E-state index contributed by atoms with van der Waals surface area (Å²) in [6.45, 7) is 0.501. The lowest BCUT2D eigenvalue weighted by molar-refractivity contribution is 0.539. The van der Waals surface area contributed by atoms with Crippen LogP contribution in [0.5, 0.6) is 0 Å². The molecule has 0 amide bonds. The minimum absolute atomic E-state index is 0.0203. The molecule has 0 unspecified atom stereocenters. The van der Waals surface area contributed by atoms with Crippen molar-refractivity contribution >= 4 is 38.6 Å². The molecule has 3 rings (SSSR count). The monoisotopic (exact) mass is 402 g/mol. The molecule has 0 fully saturated rings. The van der Waals surface area contributed by atoms with Crippen LogP contribution in [0.1, 0.15) is 5.56 Å². The number of thioether (sulfide) groups is 1. The van der Waals surface area contributed by atoms with Crippen molar-refractivity contribution in [3.8, 4) is 0 Å².